The lowest BCUT2D eigenvalue weighted by atomic mass is 9.83. The summed E-state index contributed by atoms with van der Waals surface area (Å²) in [6.07, 6.45) is 1.23. The largest absolute Gasteiger partial charge is 0.312 e. The smallest absolute Gasteiger partial charge is 0.0432 e. The molecule has 72 valence electrons. The van der Waals surface area contributed by atoms with Crippen molar-refractivity contribution in [1.29, 1.82) is 0 Å². The number of rotatable bonds is 2. The van der Waals surface area contributed by atoms with Crippen LogP contribution < -0.4 is 5.32 Å². The first-order valence-corrected chi connectivity index (χ1v) is 4.87. The van der Waals surface area contributed by atoms with E-state index in [0.717, 1.165) is 0 Å². The minimum atomic E-state index is 0.343. The summed E-state index contributed by atoms with van der Waals surface area (Å²) < 4.78 is 0. The van der Waals surface area contributed by atoms with E-state index in [9.17, 15) is 0 Å². The summed E-state index contributed by atoms with van der Waals surface area (Å²) in [7, 11) is 2.07. The monoisotopic (exact) mass is 170 g/mol. The molecule has 1 saturated heterocycles. The molecule has 0 unspecified atom stereocenters. The zero-order valence-electron chi connectivity index (χ0n) is 9.07. The fraction of sp³-hybridized carbons (Fsp3) is 1.00. The quantitative estimate of drug-likeness (QED) is 0.675. The third-order valence-corrected chi connectivity index (χ3v) is 3.14. The van der Waals surface area contributed by atoms with Gasteiger partial charge in [0.2, 0.25) is 0 Å². The molecule has 0 bridgehead atoms. The molecule has 1 aliphatic rings. The van der Waals surface area contributed by atoms with E-state index in [1.165, 1.54) is 19.5 Å². The summed E-state index contributed by atoms with van der Waals surface area (Å²) in [5.74, 6) is 0. The molecule has 1 N–H and O–H groups in total. The molecule has 0 spiro atoms. The van der Waals surface area contributed by atoms with Gasteiger partial charge in [-0.2, -0.15) is 0 Å². The van der Waals surface area contributed by atoms with Gasteiger partial charge in [0, 0.05) is 24.2 Å². The molecule has 0 atom stereocenters. The average molecular weight is 170 g/mol. The molecule has 2 heteroatoms. The van der Waals surface area contributed by atoms with Crippen molar-refractivity contribution in [3.63, 3.8) is 0 Å². The molecule has 1 fully saturated rings. The van der Waals surface area contributed by atoms with E-state index in [2.05, 4.69) is 45.0 Å². The number of hydrogen-bond acceptors (Lipinski definition) is 2. The highest BCUT2D eigenvalue weighted by Crippen LogP contribution is 2.30. The van der Waals surface area contributed by atoms with Crippen LogP contribution in [0, 0.1) is 0 Å². The van der Waals surface area contributed by atoms with Gasteiger partial charge < -0.3 is 5.32 Å². The number of likely N-dealkylation sites (N-methyl/N-ethyl adjacent to an activating group) is 1. The fourth-order valence-electron chi connectivity index (χ4n) is 1.72. The highest BCUT2D eigenvalue weighted by Gasteiger charge is 2.44. The topological polar surface area (TPSA) is 15.3 Å². The zero-order valence-corrected chi connectivity index (χ0v) is 9.07. The Bertz CT molecular complexity index is 146. The Hall–Kier alpha value is -0.0800. The van der Waals surface area contributed by atoms with Crippen LogP contribution in [0.1, 0.15) is 34.1 Å². The van der Waals surface area contributed by atoms with Crippen molar-refractivity contribution >= 4 is 0 Å². The first kappa shape index (κ1) is 10.0. The first-order chi connectivity index (χ1) is 5.43. The molecule has 0 radical (unpaired) electrons. The van der Waals surface area contributed by atoms with E-state index in [1.807, 2.05) is 0 Å². The van der Waals surface area contributed by atoms with Gasteiger partial charge in [-0.05, 0) is 34.2 Å². The highest BCUT2D eigenvalue weighted by atomic mass is 15.3. The maximum absolute atomic E-state index is 3.42. The van der Waals surface area contributed by atoms with E-state index < -0.39 is 0 Å². The van der Waals surface area contributed by atoms with Crippen LogP contribution in [0.25, 0.3) is 0 Å². The molecule has 0 aromatic carbocycles. The van der Waals surface area contributed by atoms with Crippen molar-refractivity contribution in [3.05, 3.63) is 0 Å². The molecule has 1 aliphatic heterocycles. The Morgan fingerprint density at radius 3 is 2.08 bits per heavy atom. The van der Waals surface area contributed by atoms with Gasteiger partial charge in [-0.3, -0.25) is 4.90 Å². The molecule has 12 heavy (non-hydrogen) atoms. The predicted molar refractivity (Wildman–Crippen MR) is 53.4 cm³/mol. The van der Waals surface area contributed by atoms with Crippen LogP contribution in [0.2, 0.25) is 0 Å². The molecular formula is C10H22N2. The van der Waals surface area contributed by atoms with Gasteiger partial charge in [-0.1, -0.05) is 6.92 Å². The molecule has 2 nitrogen and oxygen atoms in total. The van der Waals surface area contributed by atoms with Crippen molar-refractivity contribution in [2.24, 2.45) is 0 Å². The van der Waals surface area contributed by atoms with Gasteiger partial charge in [0.05, 0.1) is 0 Å². The van der Waals surface area contributed by atoms with Crippen molar-refractivity contribution in [2.45, 2.75) is 45.2 Å². The number of nitrogens with zero attached hydrogens (tertiary/aromatic N) is 1. The number of nitrogens with one attached hydrogen (secondary N) is 1. The van der Waals surface area contributed by atoms with Crippen molar-refractivity contribution in [3.8, 4) is 0 Å². The van der Waals surface area contributed by atoms with E-state index in [-0.39, 0.29) is 0 Å². The third kappa shape index (κ3) is 1.64. The van der Waals surface area contributed by atoms with Crippen LogP contribution in [0.4, 0.5) is 0 Å². The average Bonchev–Trinajstić information content (AvgIpc) is 1.85. The molecule has 0 amide bonds. The Balaban J connectivity index is 2.45. The van der Waals surface area contributed by atoms with Gasteiger partial charge in [0.15, 0.2) is 0 Å². The van der Waals surface area contributed by atoms with Crippen molar-refractivity contribution < 1.29 is 0 Å². The van der Waals surface area contributed by atoms with E-state index in [1.54, 1.807) is 0 Å². The molecule has 0 aromatic rings. The summed E-state index contributed by atoms with van der Waals surface area (Å²) in [6.45, 7) is 11.5. The first-order valence-electron chi connectivity index (χ1n) is 4.87. The Labute approximate surface area is 76.3 Å². The molecular weight excluding hydrogens is 148 g/mol. The van der Waals surface area contributed by atoms with Crippen LogP contribution in [-0.4, -0.2) is 36.1 Å². The second-order valence-corrected chi connectivity index (χ2v) is 4.91. The highest BCUT2D eigenvalue weighted by molar-refractivity contribution is 5.04. The van der Waals surface area contributed by atoms with Crippen molar-refractivity contribution in [1.82, 2.24) is 10.2 Å². The van der Waals surface area contributed by atoms with Crippen LogP contribution in [-0.2, 0) is 0 Å². The lowest BCUT2D eigenvalue weighted by molar-refractivity contribution is -0.0235. The van der Waals surface area contributed by atoms with Gasteiger partial charge in [0.1, 0.15) is 0 Å². The lowest BCUT2D eigenvalue weighted by Gasteiger charge is -2.55. The molecule has 1 heterocycles. The van der Waals surface area contributed by atoms with Gasteiger partial charge in [-0.15, -0.1) is 0 Å². The second-order valence-electron chi connectivity index (χ2n) is 4.91. The molecule has 1 rings (SSSR count). The minimum absolute atomic E-state index is 0.343. The van der Waals surface area contributed by atoms with Gasteiger partial charge >= 0.3 is 0 Å². The van der Waals surface area contributed by atoms with Gasteiger partial charge in [-0.25, -0.2) is 0 Å². The Morgan fingerprint density at radius 2 is 1.83 bits per heavy atom. The normalized spacial score (nSPS) is 23.8. The molecule has 0 aromatic heterocycles. The van der Waals surface area contributed by atoms with Crippen molar-refractivity contribution in [2.75, 3.05) is 20.1 Å². The van der Waals surface area contributed by atoms with Crippen LogP contribution in [0.3, 0.4) is 0 Å². The summed E-state index contributed by atoms with van der Waals surface area (Å²) in [6, 6.07) is 0. The van der Waals surface area contributed by atoms with E-state index >= 15 is 0 Å². The van der Waals surface area contributed by atoms with Crippen LogP contribution >= 0.6 is 0 Å². The Morgan fingerprint density at radius 1 is 1.33 bits per heavy atom. The minimum Gasteiger partial charge on any atom is -0.312 e. The SMILES string of the molecule is CCC1(NC)CN(C(C)(C)C)C1. The predicted octanol–water partition coefficient (Wildman–Crippen LogP) is 1.47. The summed E-state index contributed by atoms with van der Waals surface area (Å²) >= 11 is 0. The maximum atomic E-state index is 3.42. The fourth-order valence-corrected chi connectivity index (χ4v) is 1.72. The summed E-state index contributed by atoms with van der Waals surface area (Å²) in [4.78, 5) is 2.52. The summed E-state index contributed by atoms with van der Waals surface area (Å²) in [5, 5.41) is 3.42. The van der Waals surface area contributed by atoms with Gasteiger partial charge in [0.25, 0.3) is 0 Å². The van der Waals surface area contributed by atoms with Crippen LogP contribution in [0.15, 0.2) is 0 Å². The van der Waals surface area contributed by atoms with E-state index in [4.69, 9.17) is 0 Å². The number of likely N-dealkylation sites (tertiary alicyclic amines) is 1. The number of hydrogen-bond donors (Lipinski definition) is 1. The second kappa shape index (κ2) is 3.00. The molecule has 0 saturated carbocycles. The standard InChI is InChI=1S/C10H22N2/c1-6-10(11-5)7-12(8-10)9(2,3)4/h11H,6-8H2,1-5H3. The lowest BCUT2D eigenvalue weighted by Crippen LogP contribution is -2.71. The Kier molecular flexibility index (Phi) is 2.50. The third-order valence-electron chi connectivity index (χ3n) is 3.14. The molecule has 0 aliphatic carbocycles. The van der Waals surface area contributed by atoms with Crippen LogP contribution in [0.5, 0.6) is 0 Å². The summed E-state index contributed by atoms with van der Waals surface area (Å²) in [5.41, 5.74) is 0.753. The van der Waals surface area contributed by atoms with E-state index in [0.29, 0.717) is 11.1 Å². The zero-order chi connectivity index (χ0) is 9.41. The maximum Gasteiger partial charge on any atom is 0.0432 e.